The molecule has 2 aromatic carbocycles. The van der Waals surface area contributed by atoms with Gasteiger partial charge < -0.3 is 10.6 Å². The predicted octanol–water partition coefficient (Wildman–Crippen LogP) is 7.14. The lowest BCUT2D eigenvalue weighted by molar-refractivity contribution is -0.150. The molecule has 2 aromatic rings. The number of hydrogen-bond acceptors (Lipinski definition) is 3. The van der Waals surface area contributed by atoms with E-state index in [1.54, 1.807) is 18.2 Å². The van der Waals surface area contributed by atoms with Crippen LogP contribution in [0.3, 0.4) is 0 Å². The third-order valence-electron chi connectivity index (χ3n) is 6.12. The van der Waals surface area contributed by atoms with Crippen LogP contribution in [0.2, 0.25) is 15.1 Å². The van der Waals surface area contributed by atoms with Gasteiger partial charge in [-0.15, -0.1) is 23.2 Å². The van der Waals surface area contributed by atoms with Crippen molar-refractivity contribution in [1.82, 2.24) is 4.90 Å². The van der Waals surface area contributed by atoms with Crippen molar-refractivity contribution in [2.45, 2.75) is 35.3 Å². The van der Waals surface area contributed by atoms with E-state index >= 15 is 0 Å². The Balaban J connectivity index is 1.45. The lowest BCUT2D eigenvalue weighted by Crippen LogP contribution is -2.44. The van der Waals surface area contributed by atoms with Crippen molar-refractivity contribution in [3.63, 3.8) is 0 Å². The number of nitrogens with zero attached hydrogens (tertiary/aromatic N) is 1. The van der Waals surface area contributed by atoms with Crippen molar-refractivity contribution in [2.75, 3.05) is 23.7 Å². The van der Waals surface area contributed by atoms with Crippen LogP contribution in [0.15, 0.2) is 36.4 Å². The van der Waals surface area contributed by atoms with Crippen LogP contribution in [-0.4, -0.2) is 46.4 Å². The van der Waals surface area contributed by atoms with E-state index in [2.05, 4.69) is 10.6 Å². The number of anilines is 2. The number of likely N-dealkylation sites (tertiary alicyclic amines) is 1. The van der Waals surface area contributed by atoms with Crippen molar-refractivity contribution in [3.8, 4) is 0 Å². The van der Waals surface area contributed by atoms with Crippen LogP contribution in [0.1, 0.15) is 24.3 Å². The summed E-state index contributed by atoms with van der Waals surface area (Å²) in [5, 5.41) is 6.18. The Bertz CT molecular complexity index is 1170. The normalized spacial score (nSPS) is 23.4. The Morgan fingerprint density at radius 2 is 1.67 bits per heavy atom. The SMILES string of the molecule is O=C(Nc1cc(NC(=O)C2C(c3cc(Cl)cc(Cl)c3)C2(Cl)Cl)ccc1Cl)C1CCCN1CC(F)(F)F. The molecule has 3 atom stereocenters. The Labute approximate surface area is 230 Å². The second kappa shape index (κ2) is 10.4. The molecule has 1 heterocycles. The van der Waals surface area contributed by atoms with Gasteiger partial charge in [0.1, 0.15) is 4.33 Å². The molecule has 2 fully saturated rings. The zero-order chi connectivity index (χ0) is 26.4. The number of amides is 2. The third kappa shape index (κ3) is 6.17. The van der Waals surface area contributed by atoms with E-state index in [1.165, 1.54) is 18.2 Å². The summed E-state index contributed by atoms with van der Waals surface area (Å²) in [6, 6.07) is 8.25. The van der Waals surface area contributed by atoms with Gasteiger partial charge in [-0.2, -0.15) is 13.2 Å². The highest BCUT2D eigenvalue weighted by Gasteiger charge is 2.67. The van der Waals surface area contributed by atoms with E-state index in [1.807, 2.05) is 0 Å². The Kier molecular flexibility index (Phi) is 7.97. The lowest BCUT2D eigenvalue weighted by atomic mass is 10.1. The first-order chi connectivity index (χ1) is 16.8. The molecule has 2 amide bonds. The summed E-state index contributed by atoms with van der Waals surface area (Å²) in [4.78, 5) is 26.8. The minimum atomic E-state index is -4.41. The average Bonchev–Trinajstić information content (AvgIpc) is 3.06. The van der Waals surface area contributed by atoms with Gasteiger partial charge in [0.15, 0.2) is 0 Å². The molecule has 1 aliphatic carbocycles. The van der Waals surface area contributed by atoms with E-state index in [0.717, 1.165) is 4.90 Å². The number of hydrogen-bond donors (Lipinski definition) is 2. The minimum absolute atomic E-state index is 0.148. The summed E-state index contributed by atoms with van der Waals surface area (Å²) >= 11 is 31.1. The van der Waals surface area contributed by atoms with Gasteiger partial charge in [-0.3, -0.25) is 14.5 Å². The first-order valence-electron chi connectivity index (χ1n) is 10.8. The highest BCUT2D eigenvalue weighted by molar-refractivity contribution is 6.53. The fourth-order valence-corrected chi connectivity index (χ4v) is 6.04. The van der Waals surface area contributed by atoms with Gasteiger partial charge in [0.2, 0.25) is 11.8 Å². The molecule has 5 nitrogen and oxygen atoms in total. The molecule has 0 radical (unpaired) electrons. The molecule has 1 saturated carbocycles. The lowest BCUT2D eigenvalue weighted by Gasteiger charge is -2.24. The van der Waals surface area contributed by atoms with E-state index in [0.29, 0.717) is 28.5 Å². The van der Waals surface area contributed by atoms with Crippen LogP contribution in [-0.2, 0) is 9.59 Å². The Morgan fingerprint density at radius 1 is 1.00 bits per heavy atom. The second-order valence-electron chi connectivity index (χ2n) is 8.75. The Hall–Kier alpha value is -1.42. The van der Waals surface area contributed by atoms with Gasteiger partial charge in [0.25, 0.3) is 0 Å². The monoisotopic (exact) mass is 601 g/mol. The van der Waals surface area contributed by atoms with Crippen LogP contribution in [0.25, 0.3) is 0 Å². The molecule has 0 spiro atoms. The van der Waals surface area contributed by atoms with Gasteiger partial charge in [0, 0.05) is 21.7 Å². The molecule has 0 aromatic heterocycles. The highest BCUT2D eigenvalue weighted by atomic mass is 35.5. The quantitative estimate of drug-likeness (QED) is 0.345. The molecule has 0 bridgehead atoms. The van der Waals surface area contributed by atoms with E-state index < -0.39 is 46.7 Å². The fraction of sp³-hybridized carbons (Fsp3) is 0.391. The molecular formula is C23H19Cl5F3N3O2. The number of carbonyl (C=O) groups is 2. The first-order valence-corrected chi connectivity index (χ1v) is 12.7. The van der Waals surface area contributed by atoms with Gasteiger partial charge >= 0.3 is 6.18 Å². The van der Waals surface area contributed by atoms with E-state index in [9.17, 15) is 22.8 Å². The number of nitrogens with one attached hydrogen (secondary N) is 2. The molecule has 1 aliphatic heterocycles. The number of carbonyl (C=O) groups excluding carboxylic acids is 2. The summed E-state index contributed by atoms with van der Waals surface area (Å²) in [7, 11) is 0. The smallest absolute Gasteiger partial charge is 0.326 e. The fourth-order valence-electron chi connectivity index (χ4n) is 4.50. The zero-order valence-electron chi connectivity index (χ0n) is 18.3. The molecule has 2 N–H and O–H groups in total. The summed E-state index contributed by atoms with van der Waals surface area (Å²) in [5.74, 6) is -2.44. The van der Waals surface area contributed by atoms with Crippen LogP contribution in [0.4, 0.5) is 24.5 Å². The van der Waals surface area contributed by atoms with Crippen LogP contribution >= 0.6 is 58.0 Å². The standard InChI is InChI=1S/C23H19Cl5F3N3O2/c24-12-6-11(7-13(25)8-12)18-19(23(18,27)28)21(36)32-14-3-4-15(26)16(9-14)33-20(35)17-2-1-5-34(17)10-22(29,30)31/h3-4,6-9,17-19H,1-2,5,10H2,(H,32,36)(H,33,35). The van der Waals surface area contributed by atoms with Crippen LogP contribution < -0.4 is 10.6 Å². The van der Waals surface area contributed by atoms with E-state index in [4.69, 9.17) is 58.0 Å². The number of rotatable bonds is 6. The molecule has 13 heteroatoms. The molecule has 194 valence electrons. The topological polar surface area (TPSA) is 61.4 Å². The summed E-state index contributed by atoms with van der Waals surface area (Å²) < 4.78 is 37.1. The van der Waals surface area contributed by atoms with Crippen molar-refractivity contribution in [3.05, 3.63) is 57.0 Å². The number of halogens is 8. The van der Waals surface area contributed by atoms with E-state index in [-0.39, 0.29) is 22.9 Å². The van der Waals surface area contributed by atoms with Crippen LogP contribution in [0.5, 0.6) is 0 Å². The highest BCUT2D eigenvalue weighted by Crippen LogP contribution is 2.65. The average molecular weight is 604 g/mol. The Morgan fingerprint density at radius 3 is 2.31 bits per heavy atom. The molecule has 3 unspecified atom stereocenters. The summed E-state index contributed by atoms with van der Waals surface area (Å²) in [6.07, 6.45) is -3.65. The van der Waals surface area contributed by atoms with Crippen LogP contribution in [0, 0.1) is 5.92 Å². The number of alkyl halides is 5. The minimum Gasteiger partial charge on any atom is -0.326 e. The molecule has 4 rings (SSSR count). The molecule has 1 saturated heterocycles. The van der Waals surface area contributed by atoms with Crippen molar-refractivity contribution < 1.29 is 22.8 Å². The van der Waals surface area contributed by atoms with Crippen molar-refractivity contribution >= 4 is 81.2 Å². The van der Waals surface area contributed by atoms with Crippen molar-refractivity contribution in [2.24, 2.45) is 5.92 Å². The molecule has 2 aliphatic rings. The largest absolute Gasteiger partial charge is 0.401 e. The zero-order valence-corrected chi connectivity index (χ0v) is 22.1. The maximum absolute atomic E-state index is 13.0. The van der Waals surface area contributed by atoms with Gasteiger partial charge in [-0.05, 0) is 61.3 Å². The summed E-state index contributed by atoms with van der Waals surface area (Å²) in [6.45, 7) is -1.01. The second-order valence-corrected chi connectivity index (χ2v) is 11.5. The van der Waals surface area contributed by atoms with Crippen molar-refractivity contribution in [1.29, 1.82) is 0 Å². The van der Waals surface area contributed by atoms with Gasteiger partial charge in [-0.25, -0.2) is 0 Å². The van der Waals surface area contributed by atoms with Gasteiger partial charge in [-0.1, -0.05) is 34.8 Å². The molecule has 36 heavy (non-hydrogen) atoms. The van der Waals surface area contributed by atoms with Gasteiger partial charge in [0.05, 0.1) is 29.2 Å². The predicted molar refractivity (Wildman–Crippen MR) is 136 cm³/mol. The summed E-state index contributed by atoms with van der Waals surface area (Å²) in [5.41, 5.74) is 1.05. The first kappa shape index (κ1) is 27.6. The maximum Gasteiger partial charge on any atom is 0.401 e. The molecular weight excluding hydrogens is 585 g/mol. The number of benzene rings is 2. The third-order valence-corrected chi connectivity index (χ3v) is 7.83. The maximum atomic E-state index is 13.0.